The van der Waals surface area contributed by atoms with Gasteiger partial charge in [0.05, 0.1) is 12.8 Å². The molecule has 0 radical (unpaired) electrons. The molecule has 6 nitrogen and oxygen atoms in total. The van der Waals surface area contributed by atoms with Crippen LogP contribution in [0.5, 0.6) is 11.5 Å². The molecule has 0 atom stereocenters. The molecule has 1 N–H and O–H groups in total. The number of methoxy groups -OCH3 is 1. The molecule has 0 bridgehead atoms. The average molecular weight is 343 g/mol. The van der Waals surface area contributed by atoms with Crippen molar-refractivity contribution < 1.29 is 14.6 Å². The zero-order valence-electron chi connectivity index (χ0n) is 15.2. The molecule has 6 heteroatoms. The number of nitrogens with zero attached hydrogens (tertiary/aromatic N) is 3. The number of carbonyl (C=O) groups excluding carboxylic acids is 1. The molecule has 0 spiro atoms. The zero-order chi connectivity index (χ0) is 18.1. The second kappa shape index (κ2) is 6.78. The number of benzene rings is 1. The normalized spacial score (nSPS) is 14.0. The summed E-state index contributed by atoms with van der Waals surface area (Å²) in [6.07, 6.45) is 2.05. The lowest BCUT2D eigenvalue weighted by atomic mass is 10.1. The molecule has 3 rings (SSSR count). The molecule has 1 amide bonds. The van der Waals surface area contributed by atoms with Crippen molar-refractivity contribution in [1.82, 2.24) is 14.7 Å². The first-order chi connectivity index (χ1) is 11.9. The number of ether oxygens (including phenoxy) is 1. The van der Waals surface area contributed by atoms with E-state index in [0.29, 0.717) is 18.0 Å². The minimum Gasteiger partial charge on any atom is -0.504 e. The number of rotatable bonds is 6. The van der Waals surface area contributed by atoms with E-state index < -0.39 is 0 Å². The van der Waals surface area contributed by atoms with Crippen LogP contribution in [0.15, 0.2) is 24.3 Å². The van der Waals surface area contributed by atoms with Crippen LogP contribution in [0.3, 0.4) is 0 Å². The largest absolute Gasteiger partial charge is 0.504 e. The summed E-state index contributed by atoms with van der Waals surface area (Å²) in [6, 6.07) is 7.36. The first-order valence-electron chi connectivity index (χ1n) is 8.61. The van der Waals surface area contributed by atoms with E-state index >= 15 is 0 Å². The number of amides is 1. The summed E-state index contributed by atoms with van der Waals surface area (Å²) in [5.41, 5.74) is 2.47. The van der Waals surface area contributed by atoms with Crippen LogP contribution in [0.2, 0.25) is 0 Å². The highest BCUT2D eigenvalue weighted by atomic mass is 16.5. The molecule has 1 saturated carbocycles. The van der Waals surface area contributed by atoms with Gasteiger partial charge in [0.25, 0.3) is 5.91 Å². The maximum atomic E-state index is 13.1. The van der Waals surface area contributed by atoms with Crippen molar-refractivity contribution in [2.24, 2.45) is 7.05 Å². The van der Waals surface area contributed by atoms with E-state index in [4.69, 9.17) is 4.74 Å². The van der Waals surface area contributed by atoms with Crippen LogP contribution >= 0.6 is 0 Å². The third kappa shape index (κ3) is 3.62. The molecule has 2 aromatic rings. The van der Waals surface area contributed by atoms with Crippen molar-refractivity contribution >= 4 is 5.91 Å². The van der Waals surface area contributed by atoms with Gasteiger partial charge in [0.2, 0.25) is 0 Å². The van der Waals surface area contributed by atoms with Crippen molar-refractivity contribution in [3.63, 3.8) is 0 Å². The summed E-state index contributed by atoms with van der Waals surface area (Å²) >= 11 is 0. The number of phenolic OH excluding ortho intramolecular Hbond substituents is 1. The van der Waals surface area contributed by atoms with Gasteiger partial charge in [0.15, 0.2) is 11.5 Å². The number of carbonyl (C=O) groups is 1. The highest BCUT2D eigenvalue weighted by molar-refractivity contribution is 5.93. The lowest BCUT2D eigenvalue weighted by Crippen LogP contribution is -2.33. The van der Waals surface area contributed by atoms with E-state index in [1.807, 2.05) is 24.1 Å². The second-order valence-corrected chi connectivity index (χ2v) is 6.90. The molecule has 1 aliphatic carbocycles. The van der Waals surface area contributed by atoms with E-state index in [9.17, 15) is 9.90 Å². The van der Waals surface area contributed by atoms with E-state index in [-0.39, 0.29) is 23.6 Å². The minimum absolute atomic E-state index is 0.00329. The van der Waals surface area contributed by atoms with E-state index in [1.165, 1.54) is 7.11 Å². The molecule has 1 aromatic heterocycles. The van der Waals surface area contributed by atoms with Gasteiger partial charge in [-0.05, 0) is 42.5 Å². The van der Waals surface area contributed by atoms with Gasteiger partial charge >= 0.3 is 0 Å². The van der Waals surface area contributed by atoms with Gasteiger partial charge in [-0.1, -0.05) is 19.9 Å². The summed E-state index contributed by atoms with van der Waals surface area (Å²) in [6.45, 7) is 4.62. The van der Waals surface area contributed by atoms with Crippen molar-refractivity contribution in [3.8, 4) is 11.5 Å². The van der Waals surface area contributed by atoms with Crippen molar-refractivity contribution in [1.29, 1.82) is 0 Å². The molecule has 1 heterocycles. The quantitative estimate of drug-likeness (QED) is 0.875. The lowest BCUT2D eigenvalue weighted by molar-refractivity contribution is 0.0718. The SMILES string of the molecule is COc1cc(CN(C(=O)c2cc(C(C)C)nn2C)C2CC2)ccc1O. The Kier molecular flexibility index (Phi) is 4.70. The van der Waals surface area contributed by atoms with E-state index in [2.05, 4.69) is 18.9 Å². The molecule has 1 aromatic carbocycles. The van der Waals surface area contributed by atoms with Gasteiger partial charge in [-0.3, -0.25) is 9.48 Å². The Balaban J connectivity index is 1.85. The fourth-order valence-electron chi connectivity index (χ4n) is 2.89. The van der Waals surface area contributed by atoms with Crippen molar-refractivity contribution in [2.45, 2.75) is 45.2 Å². The predicted octanol–water partition coefficient (Wildman–Crippen LogP) is 3.06. The Morgan fingerprint density at radius 3 is 2.68 bits per heavy atom. The number of aromatic hydroxyl groups is 1. The van der Waals surface area contributed by atoms with Gasteiger partial charge in [-0.2, -0.15) is 5.10 Å². The number of phenols is 1. The number of hydrogen-bond donors (Lipinski definition) is 1. The van der Waals surface area contributed by atoms with Crippen LogP contribution in [0, 0.1) is 0 Å². The Labute approximate surface area is 148 Å². The fraction of sp³-hybridized carbons (Fsp3) is 0.474. The fourth-order valence-corrected chi connectivity index (χ4v) is 2.89. The molecule has 0 aliphatic heterocycles. The standard InChI is InChI=1S/C19H25N3O3/c1-12(2)15-10-16(21(3)20-15)19(24)22(14-6-7-14)11-13-5-8-17(23)18(9-13)25-4/h5,8-10,12,14,23H,6-7,11H2,1-4H3. The third-order valence-corrected chi connectivity index (χ3v) is 4.55. The molecule has 134 valence electrons. The summed E-state index contributed by atoms with van der Waals surface area (Å²) in [4.78, 5) is 15.0. The summed E-state index contributed by atoms with van der Waals surface area (Å²) in [7, 11) is 3.33. The highest BCUT2D eigenvalue weighted by Crippen LogP contribution is 2.32. The molecule has 1 aliphatic rings. The van der Waals surface area contributed by atoms with Gasteiger partial charge < -0.3 is 14.7 Å². The Morgan fingerprint density at radius 1 is 1.40 bits per heavy atom. The first-order valence-corrected chi connectivity index (χ1v) is 8.61. The van der Waals surface area contributed by atoms with Gasteiger partial charge in [0, 0.05) is 19.6 Å². The monoisotopic (exact) mass is 343 g/mol. The van der Waals surface area contributed by atoms with Crippen LogP contribution in [0.25, 0.3) is 0 Å². The Hall–Kier alpha value is -2.50. The smallest absolute Gasteiger partial charge is 0.272 e. The second-order valence-electron chi connectivity index (χ2n) is 6.90. The van der Waals surface area contributed by atoms with Gasteiger partial charge in [-0.15, -0.1) is 0 Å². The minimum atomic E-state index is -0.00329. The average Bonchev–Trinajstić information content (AvgIpc) is 3.34. The van der Waals surface area contributed by atoms with Crippen LogP contribution in [-0.4, -0.2) is 38.8 Å². The third-order valence-electron chi connectivity index (χ3n) is 4.55. The topological polar surface area (TPSA) is 67.6 Å². The van der Waals surface area contributed by atoms with E-state index in [0.717, 1.165) is 24.1 Å². The highest BCUT2D eigenvalue weighted by Gasteiger charge is 2.34. The maximum absolute atomic E-state index is 13.1. The van der Waals surface area contributed by atoms with E-state index in [1.54, 1.807) is 16.8 Å². The molecule has 25 heavy (non-hydrogen) atoms. The first kappa shape index (κ1) is 17.3. The van der Waals surface area contributed by atoms with Gasteiger partial charge in [-0.25, -0.2) is 0 Å². The number of aromatic nitrogens is 2. The lowest BCUT2D eigenvalue weighted by Gasteiger charge is -2.23. The maximum Gasteiger partial charge on any atom is 0.272 e. The molecular formula is C19H25N3O3. The molecule has 1 fully saturated rings. The zero-order valence-corrected chi connectivity index (χ0v) is 15.2. The molecular weight excluding hydrogens is 318 g/mol. The summed E-state index contributed by atoms with van der Waals surface area (Å²) < 4.78 is 6.84. The summed E-state index contributed by atoms with van der Waals surface area (Å²) in [5, 5.41) is 14.2. The molecule has 0 unspecified atom stereocenters. The van der Waals surface area contributed by atoms with Crippen LogP contribution in [0.4, 0.5) is 0 Å². The summed E-state index contributed by atoms with van der Waals surface area (Å²) in [5.74, 6) is 0.798. The van der Waals surface area contributed by atoms with Crippen LogP contribution < -0.4 is 4.74 Å². The van der Waals surface area contributed by atoms with Crippen LogP contribution in [0.1, 0.15) is 54.4 Å². The Bertz CT molecular complexity index is 778. The molecule has 0 saturated heterocycles. The van der Waals surface area contributed by atoms with Crippen molar-refractivity contribution in [3.05, 3.63) is 41.2 Å². The number of aryl methyl sites for hydroxylation is 1. The predicted molar refractivity (Wildman–Crippen MR) is 94.9 cm³/mol. The Morgan fingerprint density at radius 2 is 2.12 bits per heavy atom. The van der Waals surface area contributed by atoms with Gasteiger partial charge in [0.1, 0.15) is 5.69 Å². The van der Waals surface area contributed by atoms with Crippen molar-refractivity contribution in [2.75, 3.05) is 7.11 Å². The van der Waals surface area contributed by atoms with Crippen LogP contribution in [-0.2, 0) is 13.6 Å². The number of hydrogen-bond acceptors (Lipinski definition) is 4.